The van der Waals surface area contributed by atoms with Gasteiger partial charge in [0.1, 0.15) is 5.76 Å². The maximum Gasteiger partial charge on any atom is 0.224 e. The van der Waals surface area contributed by atoms with Crippen molar-refractivity contribution in [1.82, 2.24) is 15.8 Å². The minimum Gasteiger partial charge on any atom is -0.361 e. The highest BCUT2D eigenvalue weighted by molar-refractivity contribution is 5.85. The smallest absolute Gasteiger partial charge is 0.224 e. The van der Waals surface area contributed by atoms with E-state index in [1.54, 1.807) is 0 Å². The van der Waals surface area contributed by atoms with Crippen molar-refractivity contribution in [2.24, 2.45) is 5.92 Å². The summed E-state index contributed by atoms with van der Waals surface area (Å²) in [5.41, 5.74) is 2.01. The first-order valence-corrected chi connectivity index (χ1v) is 7.21. The summed E-state index contributed by atoms with van der Waals surface area (Å²) in [6, 6.07) is 0. The van der Waals surface area contributed by atoms with Crippen LogP contribution in [0.1, 0.15) is 43.7 Å². The molecule has 2 rings (SSSR count). The van der Waals surface area contributed by atoms with E-state index in [9.17, 15) is 4.79 Å². The predicted octanol–water partition coefficient (Wildman–Crippen LogP) is 1.84. The molecule has 2 heterocycles. The third kappa shape index (κ3) is 3.96. The molecule has 1 unspecified atom stereocenters. The normalized spacial score (nSPS) is 18.4. The van der Waals surface area contributed by atoms with E-state index in [-0.39, 0.29) is 24.2 Å². The van der Waals surface area contributed by atoms with Gasteiger partial charge < -0.3 is 15.2 Å². The molecule has 0 spiro atoms. The number of aromatic nitrogens is 1. The highest BCUT2D eigenvalue weighted by Crippen LogP contribution is 2.16. The molecule has 0 bridgehead atoms. The maximum absolute atomic E-state index is 12.1. The number of hydrogen-bond donors (Lipinski definition) is 2. The molecule has 6 heteroatoms. The number of rotatable bonds is 5. The van der Waals surface area contributed by atoms with E-state index in [4.69, 9.17) is 4.52 Å². The van der Waals surface area contributed by atoms with E-state index in [1.807, 2.05) is 13.8 Å². The molecule has 1 aliphatic heterocycles. The molecule has 0 saturated carbocycles. The Morgan fingerprint density at radius 2 is 2.25 bits per heavy atom. The number of nitrogens with one attached hydrogen (secondary N) is 2. The fourth-order valence-electron chi connectivity index (χ4n) is 2.53. The standard InChI is InChI=1S/C14H23N3O2.ClH/c1-3-12-11(13(4-2)19-17-12)9-16-14(18)10-6-5-7-15-8-10;/h10,15H,3-9H2,1-2H3,(H,16,18);1H. The molecule has 1 aromatic rings. The first kappa shape index (κ1) is 17.0. The maximum atomic E-state index is 12.1. The fourth-order valence-corrected chi connectivity index (χ4v) is 2.53. The minimum absolute atomic E-state index is 0. The van der Waals surface area contributed by atoms with Crippen LogP contribution < -0.4 is 10.6 Å². The average Bonchev–Trinajstić information content (AvgIpc) is 2.87. The van der Waals surface area contributed by atoms with Crippen LogP contribution in [0.3, 0.4) is 0 Å². The summed E-state index contributed by atoms with van der Waals surface area (Å²) >= 11 is 0. The summed E-state index contributed by atoms with van der Waals surface area (Å²) in [5.74, 6) is 1.13. The molecule has 1 saturated heterocycles. The molecular weight excluding hydrogens is 278 g/mol. The number of carbonyl (C=O) groups is 1. The van der Waals surface area contributed by atoms with E-state index in [1.165, 1.54) is 0 Å². The Balaban J connectivity index is 0.00000200. The monoisotopic (exact) mass is 301 g/mol. The molecule has 1 amide bonds. The number of amides is 1. The highest BCUT2D eigenvalue weighted by Gasteiger charge is 2.21. The molecule has 114 valence electrons. The second kappa shape index (κ2) is 8.27. The van der Waals surface area contributed by atoms with Gasteiger partial charge in [-0.15, -0.1) is 12.4 Å². The first-order chi connectivity index (χ1) is 9.26. The van der Waals surface area contributed by atoms with Gasteiger partial charge in [-0.25, -0.2) is 0 Å². The second-order valence-corrected chi connectivity index (χ2v) is 5.00. The zero-order valence-electron chi connectivity index (χ0n) is 12.2. The Hall–Kier alpha value is -1.07. The van der Waals surface area contributed by atoms with Crippen LogP contribution in [-0.4, -0.2) is 24.2 Å². The number of halogens is 1. The summed E-state index contributed by atoms with van der Waals surface area (Å²) < 4.78 is 5.30. The molecule has 0 aromatic carbocycles. The van der Waals surface area contributed by atoms with Crippen molar-refractivity contribution < 1.29 is 9.32 Å². The lowest BCUT2D eigenvalue weighted by molar-refractivity contribution is -0.125. The number of piperidine rings is 1. The first-order valence-electron chi connectivity index (χ1n) is 7.21. The molecule has 5 nitrogen and oxygen atoms in total. The van der Waals surface area contributed by atoms with Crippen molar-refractivity contribution in [3.05, 3.63) is 17.0 Å². The molecule has 0 radical (unpaired) electrons. The van der Waals surface area contributed by atoms with Gasteiger partial charge in [-0.3, -0.25) is 4.79 Å². The SMILES string of the molecule is CCc1noc(CC)c1CNC(=O)C1CCCNC1.Cl. The van der Waals surface area contributed by atoms with Crippen LogP contribution in [0.5, 0.6) is 0 Å². The van der Waals surface area contributed by atoms with Crippen LogP contribution in [0.2, 0.25) is 0 Å². The molecule has 1 atom stereocenters. The molecular formula is C14H24ClN3O2. The summed E-state index contributed by atoms with van der Waals surface area (Å²) in [4.78, 5) is 12.1. The van der Waals surface area contributed by atoms with Gasteiger partial charge in [0.25, 0.3) is 0 Å². The molecule has 0 aliphatic carbocycles. The summed E-state index contributed by atoms with van der Waals surface area (Å²) in [6.07, 6.45) is 3.69. The van der Waals surface area contributed by atoms with Gasteiger partial charge in [-0.2, -0.15) is 0 Å². The van der Waals surface area contributed by atoms with Crippen molar-refractivity contribution in [2.45, 2.75) is 46.1 Å². The van der Waals surface area contributed by atoms with Gasteiger partial charge in [0.15, 0.2) is 0 Å². The average molecular weight is 302 g/mol. The van der Waals surface area contributed by atoms with Crippen LogP contribution in [0.15, 0.2) is 4.52 Å². The zero-order chi connectivity index (χ0) is 13.7. The topological polar surface area (TPSA) is 67.2 Å². The van der Waals surface area contributed by atoms with Crippen molar-refractivity contribution in [3.8, 4) is 0 Å². The van der Waals surface area contributed by atoms with Gasteiger partial charge in [0.2, 0.25) is 5.91 Å². The van der Waals surface area contributed by atoms with Crippen LogP contribution in [-0.2, 0) is 24.2 Å². The quantitative estimate of drug-likeness (QED) is 0.871. The molecule has 1 aromatic heterocycles. The summed E-state index contributed by atoms with van der Waals surface area (Å²) in [5, 5.41) is 10.3. The third-order valence-corrected chi connectivity index (χ3v) is 3.71. The number of aryl methyl sites for hydroxylation is 2. The third-order valence-electron chi connectivity index (χ3n) is 3.71. The van der Waals surface area contributed by atoms with Crippen molar-refractivity contribution in [3.63, 3.8) is 0 Å². The summed E-state index contributed by atoms with van der Waals surface area (Å²) in [6.45, 7) is 6.43. The van der Waals surface area contributed by atoms with Gasteiger partial charge in [-0.05, 0) is 25.8 Å². The molecule has 20 heavy (non-hydrogen) atoms. The van der Waals surface area contributed by atoms with Crippen molar-refractivity contribution >= 4 is 18.3 Å². The summed E-state index contributed by atoms with van der Waals surface area (Å²) in [7, 11) is 0. The predicted molar refractivity (Wildman–Crippen MR) is 79.9 cm³/mol. The van der Waals surface area contributed by atoms with E-state index >= 15 is 0 Å². The lowest BCUT2D eigenvalue weighted by atomic mass is 9.98. The zero-order valence-corrected chi connectivity index (χ0v) is 13.0. The Kier molecular flexibility index (Phi) is 7.02. The second-order valence-electron chi connectivity index (χ2n) is 5.00. The van der Waals surface area contributed by atoms with Crippen LogP contribution >= 0.6 is 12.4 Å². The number of carbonyl (C=O) groups excluding carboxylic acids is 1. The Labute approximate surface area is 126 Å². The van der Waals surface area contributed by atoms with Gasteiger partial charge >= 0.3 is 0 Å². The number of nitrogens with zero attached hydrogens (tertiary/aromatic N) is 1. The van der Waals surface area contributed by atoms with Gasteiger partial charge in [0, 0.05) is 25.1 Å². The fraction of sp³-hybridized carbons (Fsp3) is 0.714. The Morgan fingerprint density at radius 1 is 1.45 bits per heavy atom. The minimum atomic E-state index is 0. The Morgan fingerprint density at radius 3 is 2.85 bits per heavy atom. The molecule has 1 fully saturated rings. The lowest BCUT2D eigenvalue weighted by Gasteiger charge is -2.21. The van der Waals surface area contributed by atoms with Crippen LogP contribution in [0, 0.1) is 5.92 Å². The van der Waals surface area contributed by atoms with E-state index in [2.05, 4.69) is 15.8 Å². The van der Waals surface area contributed by atoms with E-state index in [0.29, 0.717) is 6.54 Å². The largest absolute Gasteiger partial charge is 0.361 e. The van der Waals surface area contributed by atoms with E-state index in [0.717, 1.165) is 55.8 Å². The number of hydrogen-bond acceptors (Lipinski definition) is 4. The van der Waals surface area contributed by atoms with Crippen LogP contribution in [0.4, 0.5) is 0 Å². The van der Waals surface area contributed by atoms with E-state index < -0.39 is 0 Å². The van der Waals surface area contributed by atoms with Gasteiger partial charge in [0.05, 0.1) is 11.6 Å². The highest BCUT2D eigenvalue weighted by atomic mass is 35.5. The molecule has 2 N–H and O–H groups in total. The van der Waals surface area contributed by atoms with Crippen molar-refractivity contribution in [2.75, 3.05) is 13.1 Å². The van der Waals surface area contributed by atoms with Crippen LogP contribution in [0.25, 0.3) is 0 Å². The van der Waals surface area contributed by atoms with Gasteiger partial charge in [-0.1, -0.05) is 19.0 Å². The Bertz CT molecular complexity index is 407. The molecule has 1 aliphatic rings. The lowest BCUT2D eigenvalue weighted by Crippen LogP contribution is -2.40. The van der Waals surface area contributed by atoms with Crippen molar-refractivity contribution in [1.29, 1.82) is 0 Å².